The molecule has 4 N–H and O–H groups in total. The monoisotopic (exact) mass is 585 g/mol. The standard InChI is InChI=1S/C30H37Cl2N5O3/c1-30(2,3)40-18-26(29(38)39)37(21-10-4-5-11-21)17-19-8-6-9-20(14-19)25-16-34-27(33)28(36-25)35-15-22-23(31)12-7-13-24(22)32/h6-9,12-14,16,21,26H,4-5,10-11,15,17-18H2,1-3H3,(H2,33,34)(H,35,36)(H,38,39). The number of carboxylic acid groups (broad SMARTS) is 1. The minimum Gasteiger partial charge on any atom is -0.480 e. The molecule has 0 saturated heterocycles. The second-order valence-corrected chi connectivity index (χ2v) is 11.9. The van der Waals surface area contributed by atoms with Crippen LogP contribution in [0.4, 0.5) is 11.6 Å². The predicted octanol–water partition coefficient (Wildman–Crippen LogP) is 6.66. The number of nitrogens with two attached hydrogens (primary N) is 1. The van der Waals surface area contributed by atoms with Gasteiger partial charge in [0.25, 0.3) is 0 Å². The quantitative estimate of drug-likeness (QED) is 0.229. The summed E-state index contributed by atoms with van der Waals surface area (Å²) in [4.78, 5) is 23.6. The van der Waals surface area contributed by atoms with E-state index in [-0.39, 0.29) is 18.5 Å². The smallest absolute Gasteiger partial charge is 0.323 e. The Hall–Kier alpha value is -2.91. The van der Waals surface area contributed by atoms with Crippen molar-refractivity contribution >= 4 is 40.8 Å². The van der Waals surface area contributed by atoms with E-state index in [1.54, 1.807) is 24.4 Å². The second-order valence-electron chi connectivity index (χ2n) is 11.1. The third-order valence-corrected chi connectivity index (χ3v) is 7.74. The van der Waals surface area contributed by atoms with Crippen LogP contribution in [0.2, 0.25) is 10.0 Å². The van der Waals surface area contributed by atoms with Crippen LogP contribution in [0.1, 0.15) is 57.6 Å². The van der Waals surface area contributed by atoms with E-state index in [1.807, 2.05) is 45.0 Å². The summed E-state index contributed by atoms with van der Waals surface area (Å²) in [7, 11) is 0. The largest absolute Gasteiger partial charge is 0.480 e. The van der Waals surface area contributed by atoms with Crippen LogP contribution in [-0.2, 0) is 22.6 Å². The molecule has 40 heavy (non-hydrogen) atoms. The number of nitrogen functional groups attached to an aromatic ring is 1. The number of halogens is 2. The van der Waals surface area contributed by atoms with Crippen LogP contribution in [0.3, 0.4) is 0 Å². The summed E-state index contributed by atoms with van der Waals surface area (Å²) in [6.45, 7) is 6.77. The van der Waals surface area contributed by atoms with Gasteiger partial charge in [-0.15, -0.1) is 0 Å². The highest BCUT2D eigenvalue weighted by atomic mass is 35.5. The van der Waals surface area contributed by atoms with Crippen molar-refractivity contribution in [2.45, 2.75) is 77.2 Å². The van der Waals surface area contributed by atoms with Crippen LogP contribution in [0.25, 0.3) is 11.3 Å². The van der Waals surface area contributed by atoms with Gasteiger partial charge in [0.1, 0.15) is 6.04 Å². The van der Waals surface area contributed by atoms with E-state index in [1.165, 1.54) is 0 Å². The normalized spacial score (nSPS) is 14.9. The third-order valence-electron chi connectivity index (χ3n) is 7.04. The highest BCUT2D eigenvalue weighted by molar-refractivity contribution is 6.36. The zero-order valence-electron chi connectivity index (χ0n) is 23.2. The number of nitrogens with one attached hydrogen (secondary N) is 1. The van der Waals surface area contributed by atoms with Crippen LogP contribution < -0.4 is 11.1 Å². The van der Waals surface area contributed by atoms with Crippen LogP contribution in [0.5, 0.6) is 0 Å². The highest BCUT2D eigenvalue weighted by Gasteiger charge is 2.34. The van der Waals surface area contributed by atoms with Crippen molar-refractivity contribution in [3.8, 4) is 11.3 Å². The zero-order chi connectivity index (χ0) is 28.9. The first-order valence-corrected chi connectivity index (χ1v) is 14.3. The lowest BCUT2D eigenvalue weighted by Gasteiger charge is -2.35. The lowest BCUT2D eigenvalue weighted by molar-refractivity contribution is -0.150. The number of ether oxygens (including phenoxy) is 1. The summed E-state index contributed by atoms with van der Waals surface area (Å²) in [6, 6.07) is 12.7. The summed E-state index contributed by atoms with van der Waals surface area (Å²) in [6.07, 6.45) is 5.79. The molecule has 0 bridgehead atoms. The Kier molecular flexibility index (Phi) is 9.90. The second kappa shape index (κ2) is 13.2. The maximum Gasteiger partial charge on any atom is 0.323 e. The van der Waals surface area contributed by atoms with Crippen molar-refractivity contribution in [3.63, 3.8) is 0 Å². The first-order chi connectivity index (χ1) is 19.0. The third kappa shape index (κ3) is 7.85. The summed E-state index contributed by atoms with van der Waals surface area (Å²) < 4.78 is 5.94. The van der Waals surface area contributed by atoms with Gasteiger partial charge in [0.05, 0.1) is 24.1 Å². The molecule has 214 valence electrons. The maximum atomic E-state index is 12.4. The molecule has 8 nitrogen and oxygen atoms in total. The lowest BCUT2D eigenvalue weighted by atomic mass is 10.0. The van der Waals surface area contributed by atoms with Crippen LogP contribution >= 0.6 is 23.2 Å². The Bertz CT molecular complexity index is 1300. The van der Waals surface area contributed by atoms with Crippen LogP contribution in [0.15, 0.2) is 48.7 Å². The van der Waals surface area contributed by atoms with Gasteiger partial charge in [0.15, 0.2) is 11.6 Å². The van der Waals surface area contributed by atoms with Crippen molar-refractivity contribution in [2.24, 2.45) is 0 Å². The van der Waals surface area contributed by atoms with Crippen molar-refractivity contribution in [3.05, 3.63) is 69.8 Å². The molecule has 3 aromatic rings. The van der Waals surface area contributed by atoms with E-state index in [4.69, 9.17) is 38.7 Å². The van der Waals surface area contributed by atoms with Crippen molar-refractivity contribution < 1.29 is 14.6 Å². The van der Waals surface area contributed by atoms with Crippen molar-refractivity contribution in [1.29, 1.82) is 0 Å². The van der Waals surface area contributed by atoms with Crippen molar-refractivity contribution in [2.75, 3.05) is 17.7 Å². The summed E-state index contributed by atoms with van der Waals surface area (Å²) in [5.41, 5.74) is 8.92. The molecule has 1 aliphatic rings. The molecule has 1 saturated carbocycles. The lowest BCUT2D eigenvalue weighted by Crippen LogP contribution is -2.49. The molecule has 1 unspecified atom stereocenters. The fraction of sp³-hybridized carbons (Fsp3) is 0.433. The molecule has 0 spiro atoms. The molecule has 1 aromatic heterocycles. The number of benzene rings is 2. The molecule has 0 radical (unpaired) electrons. The average Bonchev–Trinajstić information content (AvgIpc) is 3.43. The van der Waals surface area contributed by atoms with Gasteiger partial charge in [0.2, 0.25) is 0 Å². The zero-order valence-corrected chi connectivity index (χ0v) is 24.7. The fourth-order valence-corrected chi connectivity index (χ4v) is 5.48. The number of carboxylic acids is 1. The van der Waals surface area contributed by atoms with Gasteiger partial charge in [-0.25, -0.2) is 9.97 Å². The first kappa shape index (κ1) is 30.1. The van der Waals surface area contributed by atoms with E-state index >= 15 is 0 Å². The molecular formula is C30H37Cl2N5O3. The molecule has 1 heterocycles. The van der Waals surface area contributed by atoms with Crippen LogP contribution in [0, 0.1) is 0 Å². The molecule has 0 amide bonds. The molecule has 2 aromatic carbocycles. The summed E-state index contributed by atoms with van der Waals surface area (Å²) in [5, 5.41) is 14.5. The Morgan fingerprint density at radius 2 is 1.85 bits per heavy atom. The molecule has 1 atom stereocenters. The summed E-state index contributed by atoms with van der Waals surface area (Å²) in [5.74, 6) is -0.179. The summed E-state index contributed by atoms with van der Waals surface area (Å²) >= 11 is 12.6. The van der Waals surface area contributed by atoms with Gasteiger partial charge in [-0.1, -0.05) is 60.3 Å². The Morgan fingerprint density at radius 3 is 2.50 bits per heavy atom. The van der Waals surface area contributed by atoms with Crippen LogP contribution in [-0.4, -0.2) is 50.2 Å². The maximum absolute atomic E-state index is 12.4. The number of rotatable bonds is 11. The van der Waals surface area contributed by atoms with E-state index in [0.717, 1.165) is 42.4 Å². The number of hydrogen-bond donors (Lipinski definition) is 3. The fourth-order valence-electron chi connectivity index (χ4n) is 4.95. The minimum atomic E-state index is -0.869. The highest BCUT2D eigenvalue weighted by Crippen LogP contribution is 2.30. The van der Waals surface area contributed by atoms with Gasteiger partial charge in [-0.3, -0.25) is 9.69 Å². The molecular weight excluding hydrogens is 549 g/mol. The molecule has 4 rings (SSSR count). The van der Waals surface area contributed by atoms with Gasteiger partial charge in [0, 0.05) is 40.3 Å². The Balaban J connectivity index is 1.56. The number of hydrogen-bond acceptors (Lipinski definition) is 7. The van der Waals surface area contributed by atoms with Gasteiger partial charge in [-0.05, 0) is 57.4 Å². The van der Waals surface area contributed by atoms with Gasteiger partial charge < -0.3 is 20.9 Å². The topological polar surface area (TPSA) is 114 Å². The number of aliphatic carboxylic acids is 1. The number of nitrogens with zero attached hydrogens (tertiary/aromatic N) is 3. The number of aromatic nitrogens is 2. The van der Waals surface area contributed by atoms with E-state index < -0.39 is 17.6 Å². The molecule has 0 aliphatic heterocycles. The van der Waals surface area contributed by atoms with Gasteiger partial charge >= 0.3 is 5.97 Å². The van der Waals surface area contributed by atoms with E-state index in [9.17, 15) is 9.90 Å². The van der Waals surface area contributed by atoms with E-state index in [0.29, 0.717) is 34.6 Å². The van der Waals surface area contributed by atoms with Gasteiger partial charge in [-0.2, -0.15) is 0 Å². The minimum absolute atomic E-state index is 0.128. The average molecular weight is 587 g/mol. The van der Waals surface area contributed by atoms with E-state index in [2.05, 4.69) is 15.2 Å². The molecule has 1 aliphatic carbocycles. The Morgan fingerprint density at radius 1 is 1.18 bits per heavy atom. The molecule has 1 fully saturated rings. The number of carbonyl (C=O) groups is 1. The SMILES string of the molecule is CC(C)(C)OCC(C(=O)O)N(Cc1cccc(-c2cnc(N)c(NCc3c(Cl)cccc3Cl)n2)c1)C1CCCC1. The Labute approximate surface area is 245 Å². The number of anilines is 2. The molecule has 10 heteroatoms. The van der Waals surface area contributed by atoms with Crippen molar-refractivity contribution in [1.82, 2.24) is 14.9 Å². The predicted molar refractivity (Wildman–Crippen MR) is 161 cm³/mol. The first-order valence-electron chi connectivity index (χ1n) is 13.5.